The van der Waals surface area contributed by atoms with Crippen LogP contribution in [0.3, 0.4) is 0 Å². The van der Waals surface area contributed by atoms with Gasteiger partial charge in [0.15, 0.2) is 0 Å². The highest BCUT2D eigenvalue weighted by Crippen LogP contribution is 2.12. The van der Waals surface area contributed by atoms with Gasteiger partial charge in [-0.05, 0) is 24.1 Å². The van der Waals surface area contributed by atoms with Crippen LogP contribution in [0.4, 0.5) is 18.9 Å². The average molecular weight is 260 g/mol. The maximum atomic E-state index is 11.8. The number of hydrogen-bond donors (Lipinski definition) is 2. The first-order valence-electron chi connectivity index (χ1n) is 5.57. The minimum Gasteiger partial charge on any atom is -0.325 e. The molecule has 1 amide bonds. The largest absolute Gasteiger partial charge is 0.401 e. The first-order valence-corrected chi connectivity index (χ1v) is 5.57. The van der Waals surface area contributed by atoms with E-state index in [-0.39, 0.29) is 6.54 Å². The molecule has 0 saturated heterocycles. The highest BCUT2D eigenvalue weighted by atomic mass is 19.4. The van der Waals surface area contributed by atoms with Gasteiger partial charge in [-0.25, -0.2) is 0 Å². The molecule has 0 fully saturated rings. The average Bonchev–Trinajstić information content (AvgIpc) is 2.28. The number of amides is 1. The van der Waals surface area contributed by atoms with Crippen molar-refractivity contribution in [2.45, 2.75) is 19.5 Å². The number of carbonyl (C=O) groups is 1. The van der Waals surface area contributed by atoms with Gasteiger partial charge in [-0.2, -0.15) is 13.2 Å². The van der Waals surface area contributed by atoms with Crippen LogP contribution in [0.5, 0.6) is 0 Å². The quantitative estimate of drug-likeness (QED) is 0.853. The van der Waals surface area contributed by atoms with Crippen molar-refractivity contribution in [3.05, 3.63) is 29.8 Å². The lowest BCUT2D eigenvalue weighted by molar-refractivity contribution is -0.126. The van der Waals surface area contributed by atoms with Crippen molar-refractivity contribution in [3.8, 4) is 0 Å². The topological polar surface area (TPSA) is 41.1 Å². The molecule has 0 unspecified atom stereocenters. The molecule has 6 heteroatoms. The summed E-state index contributed by atoms with van der Waals surface area (Å²) in [6, 6.07) is 7.17. The molecule has 1 aromatic carbocycles. The van der Waals surface area contributed by atoms with E-state index in [0.29, 0.717) is 5.69 Å². The fourth-order valence-corrected chi connectivity index (χ4v) is 1.35. The molecule has 0 aromatic heterocycles. The molecule has 0 bridgehead atoms. The molecule has 0 aliphatic rings. The Kier molecular flexibility index (Phi) is 5.15. The predicted octanol–water partition coefficient (Wildman–Crippen LogP) is 2.34. The fourth-order valence-electron chi connectivity index (χ4n) is 1.35. The summed E-state index contributed by atoms with van der Waals surface area (Å²) in [5, 5.41) is 4.54. The highest BCUT2D eigenvalue weighted by Gasteiger charge is 2.26. The Hall–Kier alpha value is -1.56. The summed E-state index contributed by atoms with van der Waals surface area (Å²) >= 11 is 0. The standard InChI is InChI=1S/C12H15F3N2O/c1-2-9-3-5-10(6-4-9)17-11(18)7-16-8-12(13,14)15/h3-6,16H,2,7-8H2,1H3,(H,17,18). The van der Waals surface area contributed by atoms with Gasteiger partial charge in [0.05, 0.1) is 13.1 Å². The van der Waals surface area contributed by atoms with E-state index in [1.807, 2.05) is 24.4 Å². The van der Waals surface area contributed by atoms with Gasteiger partial charge in [-0.3, -0.25) is 4.79 Å². The Morgan fingerprint density at radius 3 is 2.33 bits per heavy atom. The van der Waals surface area contributed by atoms with E-state index in [4.69, 9.17) is 0 Å². The second kappa shape index (κ2) is 6.39. The summed E-state index contributed by atoms with van der Waals surface area (Å²) in [5.74, 6) is -0.497. The summed E-state index contributed by atoms with van der Waals surface area (Å²) in [7, 11) is 0. The molecular formula is C12H15F3N2O. The van der Waals surface area contributed by atoms with Crippen molar-refractivity contribution in [1.82, 2.24) is 5.32 Å². The van der Waals surface area contributed by atoms with Crippen molar-refractivity contribution in [2.75, 3.05) is 18.4 Å². The van der Waals surface area contributed by atoms with Gasteiger partial charge in [-0.15, -0.1) is 0 Å². The molecule has 0 heterocycles. The lowest BCUT2D eigenvalue weighted by Gasteiger charge is -2.09. The lowest BCUT2D eigenvalue weighted by atomic mass is 10.1. The maximum absolute atomic E-state index is 11.8. The number of benzene rings is 1. The van der Waals surface area contributed by atoms with E-state index in [0.717, 1.165) is 12.0 Å². The molecule has 18 heavy (non-hydrogen) atoms. The summed E-state index contributed by atoms with van der Waals surface area (Å²) < 4.78 is 35.5. The van der Waals surface area contributed by atoms with Gasteiger partial charge < -0.3 is 10.6 Å². The van der Waals surface area contributed by atoms with E-state index >= 15 is 0 Å². The Morgan fingerprint density at radius 1 is 1.22 bits per heavy atom. The minimum absolute atomic E-state index is 0.366. The van der Waals surface area contributed by atoms with Crippen molar-refractivity contribution in [3.63, 3.8) is 0 Å². The smallest absolute Gasteiger partial charge is 0.325 e. The van der Waals surface area contributed by atoms with Crippen LogP contribution in [0.25, 0.3) is 0 Å². The Morgan fingerprint density at radius 2 is 1.83 bits per heavy atom. The molecule has 0 aliphatic heterocycles. The lowest BCUT2D eigenvalue weighted by Crippen LogP contribution is -2.35. The van der Waals surface area contributed by atoms with Crippen LogP contribution in [0.2, 0.25) is 0 Å². The molecule has 1 aromatic rings. The fraction of sp³-hybridized carbons (Fsp3) is 0.417. The Bertz CT molecular complexity index is 387. The zero-order valence-electron chi connectivity index (χ0n) is 9.97. The van der Waals surface area contributed by atoms with Crippen molar-refractivity contribution >= 4 is 11.6 Å². The van der Waals surface area contributed by atoms with Crippen LogP contribution >= 0.6 is 0 Å². The third-order valence-electron chi connectivity index (χ3n) is 2.26. The van der Waals surface area contributed by atoms with Gasteiger partial charge in [0, 0.05) is 5.69 Å². The van der Waals surface area contributed by atoms with Crippen molar-refractivity contribution in [2.24, 2.45) is 0 Å². The minimum atomic E-state index is -4.30. The molecule has 0 spiro atoms. The SMILES string of the molecule is CCc1ccc(NC(=O)CNCC(F)(F)F)cc1. The summed E-state index contributed by atoms with van der Waals surface area (Å²) in [6.07, 6.45) is -3.41. The third kappa shape index (κ3) is 5.67. The maximum Gasteiger partial charge on any atom is 0.401 e. The van der Waals surface area contributed by atoms with Crippen molar-refractivity contribution < 1.29 is 18.0 Å². The van der Waals surface area contributed by atoms with Crippen molar-refractivity contribution in [1.29, 1.82) is 0 Å². The van der Waals surface area contributed by atoms with Crippen LogP contribution in [0.15, 0.2) is 24.3 Å². The second-order valence-electron chi connectivity index (χ2n) is 3.82. The van der Waals surface area contributed by atoms with Gasteiger partial charge in [-0.1, -0.05) is 19.1 Å². The number of aryl methyl sites for hydroxylation is 1. The number of hydrogen-bond acceptors (Lipinski definition) is 2. The van der Waals surface area contributed by atoms with Gasteiger partial charge in [0.1, 0.15) is 0 Å². The molecule has 2 N–H and O–H groups in total. The van der Waals surface area contributed by atoms with E-state index in [2.05, 4.69) is 5.32 Å². The van der Waals surface area contributed by atoms with E-state index in [9.17, 15) is 18.0 Å². The number of halogens is 3. The monoisotopic (exact) mass is 260 g/mol. The summed E-state index contributed by atoms with van der Waals surface area (Å²) in [6.45, 7) is 0.471. The Balaban J connectivity index is 2.35. The predicted molar refractivity (Wildman–Crippen MR) is 63.4 cm³/mol. The zero-order chi connectivity index (χ0) is 13.6. The first-order chi connectivity index (χ1) is 8.40. The second-order valence-corrected chi connectivity index (χ2v) is 3.82. The normalized spacial score (nSPS) is 11.3. The van der Waals surface area contributed by atoms with Gasteiger partial charge >= 0.3 is 6.18 Å². The zero-order valence-corrected chi connectivity index (χ0v) is 9.97. The van der Waals surface area contributed by atoms with Gasteiger partial charge in [0.2, 0.25) is 5.91 Å². The Labute approximate surface area is 103 Å². The van der Waals surface area contributed by atoms with E-state index in [1.54, 1.807) is 12.1 Å². The number of anilines is 1. The van der Waals surface area contributed by atoms with E-state index < -0.39 is 18.6 Å². The molecule has 1 rings (SSSR count). The first kappa shape index (κ1) is 14.5. The van der Waals surface area contributed by atoms with Crippen LogP contribution in [0.1, 0.15) is 12.5 Å². The number of carbonyl (C=O) groups excluding carboxylic acids is 1. The number of alkyl halides is 3. The van der Waals surface area contributed by atoms with Crippen LogP contribution in [-0.2, 0) is 11.2 Å². The highest BCUT2D eigenvalue weighted by molar-refractivity contribution is 5.92. The van der Waals surface area contributed by atoms with Crippen LogP contribution in [0, 0.1) is 0 Å². The molecule has 3 nitrogen and oxygen atoms in total. The summed E-state index contributed by atoms with van der Waals surface area (Å²) in [5.41, 5.74) is 1.70. The molecule has 0 radical (unpaired) electrons. The molecule has 0 atom stereocenters. The third-order valence-corrected chi connectivity index (χ3v) is 2.26. The summed E-state index contributed by atoms with van der Waals surface area (Å²) in [4.78, 5) is 11.3. The van der Waals surface area contributed by atoms with E-state index in [1.165, 1.54) is 0 Å². The van der Waals surface area contributed by atoms with Gasteiger partial charge in [0.25, 0.3) is 0 Å². The molecule has 100 valence electrons. The molecule has 0 aliphatic carbocycles. The molecule has 0 saturated carbocycles. The van der Waals surface area contributed by atoms with Crippen LogP contribution < -0.4 is 10.6 Å². The molecular weight excluding hydrogens is 245 g/mol. The van der Waals surface area contributed by atoms with Crippen LogP contribution in [-0.4, -0.2) is 25.2 Å². The number of rotatable bonds is 5. The number of nitrogens with one attached hydrogen (secondary N) is 2.